The maximum Gasteiger partial charge on any atom is 0.244 e. The number of hydrogen-bond donors (Lipinski definition) is 0. The SMILES string of the molecule is C.C.Cn1c[n+](C)cc1I.Cn1cncc1I.[I-]. The average Bonchev–Trinajstić information content (AvgIpc) is 2.63. The predicted molar refractivity (Wildman–Crippen MR) is 88.7 cm³/mol. The molecular weight excluding hydrogens is 569 g/mol. The van der Waals surface area contributed by atoms with Crippen molar-refractivity contribution in [3.63, 3.8) is 0 Å². The number of halogens is 3. The lowest BCUT2D eigenvalue weighted by Crippen LogP contribution is -3.00. The Morgan fingerprint density at radius 1 is 1.11 bits per heavy atom. The molecule has 2 heterocycles. The molecule has 18 heavy (non-hydrogen) atoms. The minimum Gasteiger partial charge on any atom is -1.00 e. The lowest BCUT2D eigenvalue weighted by Gasteiger charge is -1.85. The van der Waals surface area contributed by atoms with Gasteiger partial charge >= 0.3 is 0 Å². The van der Waals surface area contributed by atoms with E-state index in [2.05, 4.69) is 60.9 Å². The molecule has 0 unspecified atom stereocenters. The van der Waals surface area contributed by atoms with Crippen LogP contribution in [-0.4, -0.2) is 14.1 Å². The molecule has 106 valence electrons. The molecule has 0 saturated carbocycles. The predicted octanol–water partition coefficient (Wildman–Crippen LogP) is -0.245. The molecular formula is C11H21I3N4. The number of aryl methyl sites for hydroxylation is 3. The van der Waals surface area contributed by atoms with E-state index < -0.39 is 0 Å². The van der Waals surface area contributed by atoms with Crippen molar-refractivity contribution in [1.82, 2.24) is 14.1 Å². The van der Waals surface area contributed by atoms with E-state index in [1.807, 2.05) is 42.8 Å². The van der Waals surface area contributed by atoms with Crippen LogP contribution in [0.1, 0.15) is 14.9 Å². The molecule has 0 aliphatic rings. The van der Waals surface area contributed by atoms with Crippen molar-refractivity contribution in [1.29, 1.82) is 0 Å². The highest BCUT2D eigenvalue weighted by Crippen LogP contribution is 1.98. The van der Waals surface area contributed by atoms with Crippen LogP contribution in [0.5, 0.6) is 0 Å². The Kier molecular flexibility index (Phi) is 15.0. The molecule has 0 N–H and O–H groups in total. The molecule has 0 aliphatic carbocycles. The molecule has 2 aromatic rings. The van der Waals surface area contributed by atoms with Gasteiger partial charge in [-0.3, -0.25) is 0 Å². The minimum atomic E-state index is 0. The summed E-state index contributed by atoms with van der Waals surface area (Å²) in [6, 6.07) is 0. The molecule has 0 amide bonds. The van der Waals surface area contributed by atoms with Gasteiger partial charge in [0.2, 0.25) is 10.0 Å². The second-order valence-corrected chi connectivity index (χ2v) is 5.38. The molecule has 0 atom stereocenters. The summed E-state index contributed by atoms with van der Waals surface area (Å²) in [5, 5.41) is 0. The fraction of sp³-hybridized carbons (Fsp3) is 0.455. The largest absolute Gasteiger partial charge is 1.00 e. The van der Waals surface area contributed by atoms with Gasteiger partial charge in [0, 0.05) is 29.6 Å². The van der Waals surface area contributed by atoms with Gasteiger partial charge in [0.25, 0.3) is 0 Å². The van der Waals surface area contributed by atoms with Crippen LogP contribution in [0.15, 0.2) is 25.0 Å². The lowest BCUT2D eigenvalue weighted by atomic mass is 10.9. The van der Waals surface area contributed by atoms with Crippen LogP contribution in [0.3, 0.4) is 0 Å². The molecule has 0 aromatic carbocycles. The first-order valence-corrected chi connectivity index (χ1v) is 6.45. The van der Waals surface area contributed by atoms with Crippen molar-refractivity contribution in [3.8, 4) is 0 Å². The van der Waals surface area contributed by atoms with Gasteiger partial charge in [-0.1, -0.05) is 14.9 Å². The first-order chi connectivity index (χ1) is 7.00. The van der Waals surface area contributed by atoms with Crippen molar-refractivity contribution in [2.24, 2.45) is 21.1 Å². The maximum absolute atomic E-state index is 3.88. The van der Waals surface area contributed by atoms with Gasteiger partial charge in [-0.15, -0.1) is 0 Å². The standard InChI is InChI=1S/C5H8IN2.C4H5IN2.2CH4.HI/c1-7-3-5(6)8(2)4-7;1-7-3-6-2-4(7)5;;;/h3-4H,1-2H3;2-3H,1H3;2*1H4;1H/q+1;;;;/p-1. The summed E-state index contributed by atoms with van der Waals surface area (Å²) in [4.78, 5) is 3.88. The summed E-state index contributed by atoms with van der Waals surface area (Å²) < 4.78 is 8.48. The average molecular weight is 590 g/mol. The van der Waals surface area contributed by atoms with Crippen molar-refractivity contribution < 1.29 is 28.5 Å². The molecule has 4 nitrogen and oxygen atoms in total. The van der Waals surface area contributed by atoms with Crippen LogP contribution in [0, 0.1) is 7.40 Å². The zero-order chi connectivity index (χ0) is 11.4. The number of hydrogen-bond acceptors (Lipinski definition) is 1. The van der Waals surface area contributed by atoms with Crippen molar-refractivity contribution in [2.75, 3.05) is 0 Å². The number of nitrogens with zero attached hydrogens (tertiary/aromatic N) is 4. The Morgan fingerprint density at radius 3 is 1.78 bits per heavy atom. The lowest BCUT2D eigenvalue weighted by molar-refractivity contribution is -0.671. The Hall–Kier alpha value is 0.610. The highest BCUT2D eigenvalue weighted by atomic mass is 127. The Balaban J connectivity index is -0.000000215. The van der Waals surface area contributed by atoms with E-state index in [0.717, 1.165) is 3.70 Å². The maximum atomic E-state index is 3.88. The minimum absolute atomic E-state index is 0. The van der Waals surface area contributed by atoms with E-state index in [1.165, 1.54) is 3.70 Å². The van der Waals surface area contributed by atoms with Gasteiger partial charge in [0.15, 0.2) is 0 Å². The molecule has 0 bridgehead atoms. The Labute approximate surface area is 154 Å². The van der Waals surface area contributed by atoms with E-state index in [-0.39, 0.29) is 38.8 Å². The molecule has 2 aromatic heterocycles. The van der Waals surface area contributed by atoms with Crippen molar-refractivity contribution >= 4 is 45.2 Å². The van der Waals surface area contributed by atoms with Gasteiger partial charge in [0.05, 0.1) is 30.3 Å². The van der Waals surface area contributed by atoms with Crippen LogP contribution in [0.25, 0.3) is 0 Å². The van der Waals surface area contributed by atoms with Gasteiger partial charge in [0.1, 0.15) is 6.20 Å². The molecule has 0 spiro atoms. The van der Waals surface area contributed by atoms with E-state index in [1.54, 1.807) is 6.33 Å². The fourth-order valence-corrected chi connectivity index (χ4v) is 1.81. The smallest absolute Gasteiger partial charge is 0.244 e. The van der Waals surface area contributed by atoms with E-state index in [4.69, 9.17) is 0 Å². The molecule has 0 fully saturated rings. The monoisotopic (exact) mass is 590 g/mol. The van der Waals surface area contributed by atoms with E-state index in [0.29, 0.717) is 0 Å². The van der Waals surface area contributed by atoms with Crippen molar-refractivity contribution in [2.45, 2.75) is 14.9 Å². The highest BCUT2D eigenvalue weighted by Gasteiger charge is 2.00. The topological polar surface area (TPSA) is 26.6 Å². The summed E-state index contributed by atoms with van der Waals surface area (Å²) >= 11 is 4.51. The summed E-state index contributed by atoms with van der Waals surface area (Å²) in [6.07, 6.45) is 7.70. The summed E-state index contributed by atoms with van der Waals surface area (Å²) in [5.41, 5.74) is 0. The first kappa shape index (κ1) is 23.7. The summed E-state index contributed by atoms with van der Waals surface area (Å²) in [7, 11) is 6.01. The van der Waals surface area contributed by atoms with Crippen LogP contribution in [0.2, 0.25) is 0 Å². The normalized spacial score (nSPS) is 8.06. The molecule has 7 heteroatoms. The van der Waals surface area contributed by atoms with Crippen molar-refractivity contribution in [3.05, 3.63) is 32.4 Å². The second-order valence-electron chi connectivity index (χ2n) is 3.17. The summed E-state index contributed by atoms with van der Waals surface area (Å²) in [5.74, 6) is 0. The first-order valence-electron chi connectivity index (χ1n) is 4.29. The van der Waals surface area contributed by atoms with E-state index in [9.17, 15) is 0 Å². The Morgan fingerprint density at radius 2 is 1.67 bits per heavy atom. The van der Waals surface area contributed by atoms with Crippen LogP contribution in [-0.2, 0) is 21.1 Å². The zero-order valence-electron chi connectivity index (χ0n) is 9.23. The number of imidazole rings is 2. The molecule has 2 rings (SSSR count). The van der Waals surface area contributed by atoms with Gasteiger partial charge in [-0.25, -0.2) is 14.1 Å². The molecule has 0 saturated heterocycles. The van der Waals surface area contributed by atoms with Crippen LogP contribution >= 0.6 is 45.2 Å². The van der Waals surface area contributed by atoms with Crippen LogP contribution in [0.4, 0.5) is 0 Å². The second kappa shape index (κ2) is 11.4. The number of rotatable bonds is 0. The summed E-state index contributed by atoms with van der Waals surface area (Å²) in [6.45, 7) is 0. The van der Waals surface area contributed by atoms with E-state index >= 15 is 0 Å². The number of aromatic nitrogens is 4. The zero-order valence-corrected chi connectivity index (χ0v) is 15.7. The molecule has 0 aliphatic heterocycles. The third kappa shape index (κ3) is 7.92. The van der Waals surface area contributed by atoms with Crippen LogP contribution < -0.4 is 28.5 Å². The van der Waals surface area contributed by atoms with Gasteiger partial charge < -0.3 is 28.5 Å². The molecule has 0 radical (unpaired) electrons. The third-order valence-electron chi connectivity index (χ3n) is 1.76. The fourth-order valence-electron chi connectivity index (χ4n) is 0.962. The van der Waals surface area contributed by atoms with Gasteiger partial charge in [-0.05, 0) is 22.6 Å². The third-order valence-corrected chi connectivity index (χ3v) is 3.84. The Bertz CT molecular complexity index is 401. The highest BCUT2D eigenvalue weighted by molar-refractivity contribution is 14.1. The quantitative estimate of drug-likeness (QED) is 0.308. The van der Waals surface area contributed by atoms with Gasteiger partial charge in [-0.2, -0.15) is 0 Å².